The van der Waals surface area contributed by atoms with Crippen LogP contribution in [0, 0.1) is 0 Å². The second kappa shape index (κ2) is 4.16. The normalized spacial score (nSPS) is 23.4. The van der Waals surface area contributed by atoms with Gasteiger partial charge < -0.3 is 4.74 Å². The van der Waals surface area contributed by atoms with Gasteiger partial charge in [0.05, 0.1) is 6.26 Å². The minimum Gasteiger partial charge on any atom is -0.497 e. The summed E-state index contributed by atoms with van der Waals surface area (Å²) in [6, 6.07) is 0. The highest BCUT2D eigenvalue weighted by molar-refractivity contribution is 5.90. The van der Waals surface area contributed by atoms with Crippen molar-refractivity contribution in [3.63, 3.8) is 0 Å². The molecule has 1 atom stereocenters. The van der Waals surface area contributed by atoms with Crippen molar-refractivity contribution < 1.29 is 9.53 Å². The molecule has 1 unspecified atom stereocenters. The second-order valence-corrected chi connectivity index (χ2v) is 2.87. The summed E-state index contributed by atoms with van der Waals surface area (Å²) in [5.74, 6) is 0.192. The lowest BCUT2D eigenvalue weighted by molar-refractivity contribution is -0.118. The lowest BCUT2D eigenvalue weighted by Crippen LogP contribution is -2.18. The zero-order chi connectivity index (χ0) is 8.10. The van der Waals surface area contributed by atoms with E-state index in [0.29, 0.717) is 6.42 Å². The van der Waals surface area contributed by atoms with Crippen LogP contribution in [0.25, 0.3) is 0 Å². The molecular formula is C9H14O2. The van der Waals surface area contributed by atoms with Gasteiger partial charge >= 0.3 is 0 Å². The van der Waals surface area contributed by atoms with Gasteiger partial charge in [-0.05, 0) is 6.42 Å². The van der Waals surface area contributed by atoms with Crippen LogP contribution in [-0.2, 0) is 9.53 Å². The third-order valence-electron chi connectivity index (χ3n) is 1.83. The Bertz CT molecular complexity index is 161. The van der Waals surface area contributed by atoms with Gasteiger partial charge in [-0.25, -0.2) is 0 Å². The molecule has 2 heteroatoms. The van der Waals surface area contributed by atoms with Crippen molar-refractivity contribution in [3.05, 3.63) is 12.3 Å². The third-order valence-corrected chi connectivity index (χ3v) is 1.83. The molecule has 0 aromatic heterocycles. The molecule has 0 radical (unpaired) electrons. The Balaban J connectivity index is 2.26. The maximum absolute atomic E-state index is 10.9. The largest absolute Gasteiger partial charge is 0.497 e. The number of hydrogen-bond donors (Lipinski definition) is 0. The Hall–Kier alpha value is -0.790. The summed E-state index contributed by atoms with van der Waals surface area (Å²) in [6.45, 7) is 2.14. The fraction of sp³-hybridized carbons (Fsp3) is 0.667. The lowest BCUT2D eigenvalue weighted by atomic mass is 10.1. The highest BCUT2D eigenvalue weighted by atomic mass is 16.5. The SMILES string of the molecule is CCCCC1CC(=O)C=CO1. The van der Waals surface area contributed by atoms with Gasteiger partial charge in [-0.2, -0.15) is 0 Å². The predicted molar refractivity (Wildman–Crippen MR) is 43.2 cm³/mol. The molecule has 0 spiro atoms. The molecule has 0 amide bonds. The van der Waals surface area contributed by atoms with Crippen LogP contribution in [0.2, 0.25) is 0 Å². The molecule has 1 aliphatic rings. The zero-order valence-corrected chi connectivity index (χ0v) is 6.88. The third kappa shape index (κ3) is 2.74. The summed E-state index contributed by atoms with van der Waals surface area (Å²) in [5, 5.41) is 0. The lowest BCUT2D eigenvalue weighted by Gasteiger charge is -2.17. The van der Waals surface area contributed by atoms with E-state index in [4.69, 9.17) is 4.74 Å². The zero-order valence-electron chi connectivity index (χ0n) is 6.88. The Morgan fingerprint density at radius 1 is 1.73 bits per heavy atom. The summed E-state index contributed by atoms with van der Waals surface area (Å²) >= 11 is 0. The Morgan fingerprint density at radius 2 is 2.55 bits per heavy atom. The highest BCUT2D eigenvalue weighted by Gasteiger charge is 2.15. The number of ether oxygens (including phenoxy) is 1. The second-order valence-electron chi connectivity index (χ2n) is 2.87. The summed E-state index contributed by atoms with van der Waals surface area (Å²) in [4.78, 5) is 10.9. The minimum atomic E-state index is 0.146. The molecule has 1 heterocycles. The summed E-state index contributed by atoms with van der Waals surface area (Å²) in [6.07, 6.45) is 7.05. The summed E-state index contributed by atoms with van der Waals surface area (Å²) in [7, 11) is 0. The first kappa shape index (κ1) is 8.31. The fourth-order valence-electron chi connectivity index (χ4n) is 1.17. The van der Waals surface area contributed by atoms with Crippen molar-refractivity contribution in [3.8, 4) is 0 Å². The van der Waals surface area contributed by atoms with E-state index in [9.17, 15) is 4.79 Å². The van der Waals surface area contributed by atoms with Crippen LogP contribution in [-0.4, -0.2) is 11.9 Å². The number of ketones is 1. The van der Waals surface area contributed by atoms with Crippen molar-refractivity contribution in [1.29, 1.82) is 0 Å². The highest BCUT2D eigenvalue weighted by Crippen LogP contribution is 2.13. The number of carbonyl (C=O) groups is 1. The molecule has 0 aromatic rings. The van der Waals surface area contributed by atoms with Crippen LogP contribution in [0.4, 0.5) is 0 Å². The molecule has 1 aliphatic heterocycles. The van der Waals surface area contributed by atoms with Crippen LogP contribution in [0.1, 0.15) is 32.6 Å². The van der Waals surface area contributed by atoms with Crippen LogP contribution >= 0.6 is 0 Å². The van der Waals surface area contributed by atoms with E-state index in [-0.39, 0.29) is 11.9 Å². The molecule has 1 rings (SSSR count). The van der Waals surface area contributed by atoms with E-state index in [2.05, 4.69) is 6.92 Å². The van der Waals surface area contributed by atoms with Gasteiger partial charge in [0.2, 0.25) is 0 Å². The molecule has 0 N–H and O–H groups in total. The Kier molecular flexibility index (Phi) is 3.14. The first-order chi connectivity index (χ1) is 5.33. The van der Waals surface area contributed by atoms with Crippen molar-refractivity contribution in [1.82, 2.24) is 0 Å². The van der Waals surface area contributed by atoms with Crippen LogP contribution in [0.15, 0.2) is 12.3 Å². The standard InChI is InChI=1S/C9H14O2/c1-2-3-4-9-7-8(10)5-6-11-9/h5-6,9H,2-4,7H2,1H3. The Morgan fingerprint density at radius 3 is 3.18 bits per heavy atom. The van der Waals surface area contributed by atoms with E-state index >= 15 is 0 Å². The molecular weight excluding hydrogens is 140 g/mol. The van der Waals surface area contributed by atoms with Gasteiger partial charge in [-0.3, -0.25) is 4.79 Å². The van der Waals surface area contributed by atoms with Gasteiger partial charge in [-0.1, -0.05) is 19.8 Å². The van der Waals surface area contributed by atoms with Gasteiger partial charge in [0.25, 0.3) is 0 Å². The molecule has 0 saturated carbocycles. The number of allylic oxidation sites excluding steroid dienone is 1. The van der Waals surface area contributed by atoms with E-state index < -0.39 is 0 Å². The van der Waals surface area contributed by atoms with Gasteiger partial charge in [0.15, 0.2) is 5.78 Å². The number of rotatable bonds is 3. The molecule has 0 aromatic carbocycles. The topological polar surface area (TPSA) is 26.3 Å². The average Bonchev–Trinajstić information content (AvgIpc) is 2.01. The average molecular weight is 154 g/mol. The van der Waals surface area contributed by atoms with Crippen molar-refractivity contribution in [2.24, 2.45) is 0 Å². The predicted octanol–water partition coefficient (Wildman–Crippen LogP) is 2.05. The molecule has 0 saturated heterocycles. The Labute approximate surface area is 67.2 Å². The van der Waals surface area contributed by atoms with Crippen LogP contribution < -0.4 is 0 Å². The number of hydrogen-bond acceptors (Lipinski definition) is 2. The number of unbranched alkanes of at least 4 members (excludes halogenated alkanes) is 1. The van der Waals surface area contributed by atoms with Gasteiger partial charge in [-0.15, -0.1) is 0 Å². The summed E-state index contributed by atoms with van der Waals surface area (Å²) < 4.78 is 5.25. The van der Waals surface area contributed by atoms with Crippen molar-refractivity contribution in [2.45, 2.75) is 38.7 Å². The van der Waals surface area contributed by atoms with E-state index in [1.807, 2.05) is 0 Å². The summed E-state index contributed by atoms with van der Waals surface area (Å²) in [5.41, 5.74) is 0. The molecule has 0 bridgehead atoms. The van der Waals surface area contributed by atoms with Crippen molar-refractivity contribution in [2.75, 3.05) is 0 Å². The minimum absolute atomic E-state index is 0.146. The maximum atomic E-state index is 10.9. The van der Waals surface area contributed by atoms with E-state index in [1.165, 1.54) is 12.3 Å². The number of carbonyl (C=O) groups excluding carboxylic acids is 1. The van der Waals surface area contributed by atoms with E-state index in [0.717, 1.165) is 19.3 Å². The van der Waals surface area contributed by atoms with Gasteiger partial charge in [0, 0.05) is 12.5 Å². The maximum Gasteiger partial charge on any atom is 0.162 e. The first-order valence-corrected chi connectivity index (χ1v) is 4.17. The van der Waals surface area contributed by atoms with Crippen molar-refractivity contribution >= 4 is 5.78 Å². The molecule has 62 valence electrons. The van der Waals surface area contributed by atoms with Crippen LogP contribution in [0.5, 0.6) is 0 Å². The molecule has 0 fully saturated rings. The smallest absolute Gasteiger partial charge is 0.162 e. The monoisotopic (exact) mass is 154 g/mol. The van der Waals surface area contributed by atoms with Gasteiger partial charge in [0.1, 0.15) is 6.10 Å². The van der Waals surface area contributed by atoms with E-state index in [1.54, 1.807) is 0 Å². The quantitative estimate of drug-likeness (QED) is 0.621. The molecule has 11 heavy (non-hydrogen) atoms. The fourth-order valence-corrected chi connectivity index (χ4v) is 1.17. The van der Waals surface area contributed by atoms with Crippen LogP contribution in [0.3, 0.4) is 0 Å². The first-order valence-electron chi connectivity index (χ1n) is 4.17. The molecule has 2 nitrogen and oxygen atoms in total. The molecule has 0 aliphatic carbocycles.